The van der Waals surface area contributed by atoms with Gasteiger partial charge in [0.1, 0.15) is 5.82 Å². The molecule has 2 aromatic rings. The molecule has 0 spiro atoms. The summed E-state index contributed by atoms with van der Waals surface area (Å²) in [5, 5.41) is 16.5. The number of hydrogen-bond donors (Lipinski definition) is 1. The molecule has 2 saturated heterocycles. The first-order chi connectivity index (χ1) is 14.0. The Morgan fingerprint density at radius 1 is 1.30 bits per heavy atom. The Morgan fingerprint density at radius 3 is 2.50 bits per heavy atom. The first-order valence-electron chi connectivity index (χ1n) is 10.7. The summed E-state index contributed by atoms with van der Waals surface area (Å²) in [5.74, 6) is -0.202. The van der Waals surface area contributed by atoms with Gasteiger partial charge in [0.25, 0.3) is 0 Å². The molecule has 2 atom stereocenters. The number of benzene rings is 1. The van der Waals surface area contributed by atoms with E-state index in [1.165, 1.54) is 6.07 Å². The Balaban J connectivity index is 1.58. The lowest BCUT2D eigenvalue weighted by molar-refractivity contribution is -0.196. The molecule has 2 aliphatic heterocycles. The fourth-order valence-corrected chi connectivity index (χ4v) is 7.57. The van der Waals surface area contributed by atoms with Crippen LogP contribution in [0.4, 0.5) is 4.39 Å². The number of carbonyl (C=O) groups is 1. The number of fused-ring (bicyclic) bond motifs is 1. The van der Waals surface area contributed by atoms with Gasteiger partial charge in [0.2, 0.25) is 5.91 Å². The molecule has 2 unspecified atom stereocenters. The van der Waals surface area contributed by atoms with E-state index in [0.29, 0.717) is 28.5 Å². The van der Waals surface area contributed by atoms with Crippen LogP contribution in [0.1, 0.15) is 64.1 Å². The van der Waals surface area contributed by atoms with Crippen LogP contribution in [0.25, 0.3) is 10.9 Å². The highest BCUT2D eigenvalue weighted by molar-refractivity contribution is 14.1. The largest absolute Gasteiger partial charge is 0.390 e. The number of halogens is 2. The van der Waals surface area contributed by atoms with Gasteiger partial charge in [-0.1, -0.05) is 29.5 Å². The molecule has 30 heavy (non-hydrogen) atoms. The molecule has 0 radical (unpaired) electrons. The molecule has 162 valence electrons. The minimum Gasteiger partial charge on any atom is -0.390 e. The molecule has 5 nitrogen and oxygen atoms in total. The standard InChI is InChI=1S/C23H29FIN3O2/c1-21(2,19-18-15(11-25)16(24)5-6-17(18)27(4)26-19)20(29)28-13-7-22(3)8-14(28)10-23(30,9-13)12-22/h5-6,13-14,30H,7-12H2,1-4H3. The third-order valence-electron chi connectivity index (χ3n) is 7.79. The number of carbonyl (C=O) groups excluding carboxylic acids is 1. The molecular formula is C23H29FIN3O2. The number of aromatic nitrogens is 2. The van der Waals surface area contributed by atoms with Gasteiger partial charge in [0.05, 0.1) is 22.2 Å². The monoisotopic (exact) mass is 525 g/mol. The number of alkyl halides is 1. The topological polar surface area (TPSA) is 58.4 Å². The number of amides is 1. The first-order valence-corrected chi connectivity index (χ1v) is 12.3. The maximum absolute atomic E-state index is 14.6. The Bertz CT molecular complexity index is 1030. The lowest BCUT2D eigenvalue weighted by atomic mass is 9.54. The second-order valence-corrected chi connectivity index (χ2v) is 11.5. The minimum absolute atomic E-state index is 0.0483. The second-order valence-electron chi connectivity index (χ2n) is 10.7. The van der Waals surface area contributed by atoms with E-state index in [9.17, 15) is 14.3 Å². The Kier molecular flexibility index (Phi) is 4.41. The average Bonchev–Trinajstić information content (AvgIpc) is 2.96. The van der Waals surface area contributed by atoms with Crippen LogP contribution in [0.5, 0.6) is 0 Å². The fraction of sp³-hybridized carbons (Fsp3) is 0.652. The SMILES string of the molecule is Cn1nc(C(C)(C)C(=O)N2C3CC4(C)CC2CC(O)(C3)C4)c2c(CI)c(F)ccc21. The van der Waals surface area contributed by atoms with Crippen molar-refractivity contribution in [3.63, 3.8) is 0 Å². The number of piperidine rings is 2. The molecule has 4 bridgehead atoms. The molecule has 1 aromatic heterocycles. The first kappa shape index (κ1) is 20.7. The van der Waals surface area contributed by atoms with E-state index < -0.39 is 11.0 Å². The van der Waals surface area contributed by atoms with Crippen molar-refractivity contribution in [2.45, 2.75) is 80.4 Å². The minimum atomic E-state index is -0.882. The zero-order valence-corrected chi connectivity index (χ0v) is 20.2. The van der Waals surface area contributed by atoms with Crippen LogP contribution >= 0.6 is 22.6 Å². The Labute approximate surface area is 190 Å². The van der Waals surface area contributed by atoms with E-state index in [4.69, 9.17) is 5.10 Å². The van der Waals surface area contributed by atoms with E-state index in [1.807, 2.05) is 20.9 Å². The van der Waals surface area contributed by atoms with E-state index in [0.717, 1.165) is 30.2 Å². The summed E-state index contributed by atoms with van der Waals surface area (Å²) in [6.07, 6.45) is 4.07. The van der Waals surface area contributed by atoms with Gasteiger partial charge in [-0.25, -0.2) is 4.39 Å². The van der Waals surface area contributed by atoms with Crippen LogP contribution in [0, 0.1) is 11.2 Å². The van der Waals surface area contributed by atoms with Crippen molar-refractivity contribution >= 4 is 39.4 Å². The lowest BCUT2D eigenvalue weighted by Crippen LogP contribution is -2.69. The van der Waals surface area contributed by atoms with Gasteiger partial charge >= 0.3 is 0 Å². The number of aryl methyl sites for hydroxylation is 1. The highest BCUT2D eigenvalue weighted by Gasteiger charge is 2.60. The van der Waals surface area contributed by atoms with E-state index in [1.54, 1.807) is 10.7 Å². The normalized spacial score (nSPS) is 33.0. The van der Waals surface area contributed by atoms with Crippen LogP contribution in [-0.4, -0.2) is 43.4 Å². The zero-order chi connectivity index (χ0) is 21.6. The second kappa shape index (κ2) is 6.40. The van der Waals surface area contributed by atoms with Crippen molar-refractivity contribution in [2.24, 2.45) is 12.5 Å². The Hall–Kier alpha value is -1.22. The molecule has 4 aliphatic rings. The molecule has 1 aromatic carbocycles. The predicted octanol–water partition coefficient (Wildman–Crippen LogP) is 4.22. The van der Waals surface area contributed by atoms with Gasteiger partial charge in [0, 0.05) is 34.5 Å². The van der Waals surface area contributed by atoms with E-state index in [2.05, 4.69) is 34.4 Å². The van der Waals surface area contributed by atoms with Gasteiger partial charge in [-0.15, -0.1) is 0 Å². The highest BCUT2D eigenvalue weighted by Crippen LogP contribution is 2.58. The molecule has 6 rings (SSSR count). The van der Waals surface area contributed by atoms with Gasteiger partial charge < -0.3 is 10.0 Å². The maximum Gasteiger partial charge on any atom is 0.234 e. The van der Waals surface area contributed by atoms with Crippen LogP contribution in [0.15, 0.2) is 12.1 Å². The number of nitrogens with zero attached hydrogens (tertiary/aromatic N) is 3. The summed E-state index contributed by atoms with van der Waals surface area (Å²) in [4.78, 5) is 16.1. The zero-order valence-electron chi connectivity index (χ0n) is 18.0. The van der Waals surface area contributed by atoms with Crippen molar-refractivity contribution in [1.82, 2.24) is 14.7 Å². The van der Waals surface area contributed by atoms with E-state index in [-0.39, 0.29) is 29.2 Å². The van der Waals surface area contributed by atoms with Crippen LogP contribution in [-0.2, 0) is 21.7 Å². The quantitative estimate of drug-likeness (QED) is 0.483. The summed E-state index contributed by atoms with van der Waals surface area (Å²) in [6, 6.07) is 3.38. The molecule has 7 heteroatoms. The third-order valence-corrected chi connectivity index (χ3v) is 8.56. The van der Waals surface area contributed by atoms with Crippen molar-refractivity contribution in [2.75, 3.05) is 0 Å². The predicted molar refractivity (Wildman–Crippen MR) is 122 cm³/mol. The van der Waals surface area contributed by atoms with Crippen molar-refractivity contribution in [1.29, 1.82) is 0 Å². The molecule has 4 fully saturated rings. The van der Waals surface area contributed by atoms with Crippen molar-refractivity contribution in [3.8, 4) is 0 Å². The van der Waals surface area contributed by atoms with Crippen molar-refractivity contribution in [3.05, 3.63) is 29.2 Å². The Morgan fingerprint density at radius 2 is 1.93 bits per heavy atom. The van der Waals surface area contributed by atoms with Crippen LogP contribution in [0.2, 0.25) is 0 Å². The molecule has 1 amide bonds. The smallest absolute Gasteiger partial charge is 0.234 e. The molecule has 3 heterocycles. The summed E-state index contributed by atoms with van der Waals surface area (Å²) >= 11 is 2.17. The fourth-order valence-electron chi connectivity index (χ4n) is 6.82. The number of aliphatic hydroxyl groups is 1. The molecule has 2 saturated carbocycles. The van der Waals surface area contributed by atoms with Crippen LogP contribution < -0.4 is 0 Å². The molecule has 1 N–H and O–H groups in total. The highest BCUT2D eigenvalue weighted by atomic mass is 127. The molecule has 2 aliphatic carbocycles. The summed E-state index contributed by atoms with van der Waals surface area (Å²) in [5.41, 5.74) is 0.718. The van der Waals surface area contributed by atoms with Gasteiger partial charge in [-0.05, 0) is 63.5 Å². The maximum atomic E-state index is 14.6. The molecular weight excluding hydrogens is 496 g/mol. The summed E-state index contributed by atoms with van der Waals surface area (Å²) < 4.78 is 16.9. The lowest BCUT2D eigenvalue weighted by Gasteiger charge is -2.64. The number of hydrogen-bond acceptors (Lipinski definition) is 3. The van der Waals surface area contributed by atoms with Crippen molar-refractivity contribution < 1.29 is 14.3 Å². The van der Waals surface area contributed by atoms with Crippen LogP contribution in [0.3, 0.4) is 0 Å². The summed E-state index contributed by atoms with van der Waals surface area (Å²) in [6.45, 7) is 6.09. The third kappa shape index (κ3) is 2.80. The van der Waals surface area contributed by atoms with Gasteiger partial charge in [0.15, 0.2) is 0 Å². The van der Waals surface area contributed by atoms with E-state index >= 15 is 0 Å². The number of rotatable bonds is 3. The van der Waals surface area contributed by atoms with Gasteiger partial charge in [-0.3, -0.25) is 9.48 Å². The summed E-state index contributed by atoms with van der Waals surface area (Å²) in [7, 11) is 1.85. The van der Waals surface area contributed by atoms with Gasteiger partial charge in [-0.2, -0.15) is 5.10 Å². The average molecular weight is 525 g/mol.